The van der Waals surface area contributed by atoms with E-state index in [4.69, 9.17) is 14.7 Å². The Bertz CT molecular complexity index is 1510. The molecule has 36 heavy (non-hydrogen) atoms. The fourth-order valence-corrected chi connectivity index (χ4v) is 4.30. The minimum Gasteiger partial charge on any atom is -0.491 e. The molecule has 1 aliphatic rings. The van der Waals surface area contributed by atoms with Crippen LogP contribution < -0.4 is 15.4 Å². The van der Waals surface area contributed by atoms with Gasteiger partial charge in [0.2, 0.25) is 0 Å². The van der Waals surface area contributed by atoms with Crippen LogP contribution in [-0.2, 0) is 6.54 Å². The van der Waals surface area contributed by atoms with Crippen LogP contribution in [0.15, 0.2) is 60.9 Å². The number of hydrogen-bond donors (Lipinski definition) is 3. The summed E-state index contributed by atoms with van der Waals surface area (Å²) in [6.07, 6.45) is 5.27. The van der Waals surface area contributed by atoms with Gasteiger partial charge in [0.1, 0.15) is 24.3 Å². The first-order valence-electron chi connectivity index (χ1n) is 12.2. The summed E-state index contributed by atoms with van der Waals surface area (Å²) < 4.78 is 9.74. The summed E-state index contributed by atoms with van der Waals surface area (Å²) in [5.41, 5.74) is 3.72. The first-order chi connectivity index (χ1) is 17.7. The van der Waals surface area contributed by atoms with Crippen molar-refractivity contribution < 1.29 is 9.84 Å². The number of benzene rings is 1. The van der Waals surface area contributed by atoms with Gasteiger partial charge in [0.15, 0.2) is 11.5 Å². The Kier molecular flexibility index (Phi) is 5.96. The topological polar surface area (TPSA) is 114 Å². The van der Waals surface area contributed by atoms with E-state index in [9.17, 15) is 5.11 Å². The van der Waals surface area contributed by atoms with Crippen LogP contribution in [0.2, 0.25) is 0 Å². The fraction of sp³-hybridized carbons (Fsp3) is 0.308. The molecule has 3 N–H and O–H groups in total. The molecular formula is C26H28N8O2. The van der Waals surface area contributed by atoms with Crippen molar-refractivity contribution in [1.82, 2.24) is 34.7 Å². The first kappa shape index (κ1) is 22.4. The zero-order valence-corrected chi connectivity index (χ0v) is 20.0. The maximum Gasteiger partial charge on any atom is 0.164 e. The Hall–Kier alpha value is -4.02. The van der Waals surface area contributed by atoms with Gasteiger partial charge in [-0.3, -0.25) is 0 Å². The van der Waals surface area contributed by atoms with Crippen molar-refractivity contribution >= 4 is 22.4 Å². The van der Waals surface area contributed by atoms with Crippen molar-refractivity contribution in [3.63, 3.8) is 0 Å². The standard InChI is InChI=1S/C26H28N8O2/c1-27-14-21(35)16-36-22-7-2-4-17(12-22)24-31-25(23-15-30-34(19-8-9-19)26(23)32-24)28-13-20-6-3-5-18-10-11-29-33(18)20/h2-7,10-12,15,19,21,27,35H,8-9,13-14,16H2,1H3,(H,28,31,32). The molecule has 0 radical (unpaired) electrons. The van der Waals surface area contributed by atoms with Gasteiger partial charge < -0.3 is 20.5 Å². The minimum atomic E-state index is -0.589. The Balaban J connectivity index is 1.33. The third-order valence-electron chi connectivity index (χ3n) is 6.26. The van der Waals surface area contributed by atoms with E-state index >= 15 is 0 Å². The van der Waals surface area contributed by atoms with Gasteiger partial charge in [0.25, 0.3) is 0 Å². The van der Waals surface area contributed by atoms with Crippen LogP contribution in [0.5, 0.6) is 5.75 Å². The van der Waals surface area contributed by atoms with Crippen LogP contribution in [0.25, 0.3) is 27.9 Å². The van der Waals surface area contributed by atoms with Crippen LogP contribution in [0.4, 0.5) is 5.82 Å². The fourth-order valence-electron chi connectivity index (χ4n) is 4.30. The van der Waals surface area contributed by atoms with E-state index in [1.807, 2.05) is 63.9 Å². The smallest absolute Gasteiger partial charge is 0.164 e. The maximum atomic E-state index is 9.99. The van der Waals surface area contributed by atoms with Gasteiger partial charge in [-0.1, -0.05) is 18.2 Å². The van der Waals surface area contributed by atoms with E-state index in [1.165, 1.54) is 0 Å². The van der Waals surface area contributed by atoms with Crippen molar-refractivity contribution in [2.45, 2.75) is 31.5 Å². The van der Waals surface area contributed by atoms with Gasteiger partial charge >= 0.3 is 0 Å². The van der Waals surface area contributed by atoms with Crippen LogP contribution in [0, 0.1) is 0 Å². The average molecular weight is 485 g/mol. The number of pyridine rings is 1. The normalized spacial score (nSPS) is 14.4. The third-order valence-corrected chi connectivity index (χ3v) is 6.26. The molecule has 0 spiro atoms. The molecule has 1 fully saturated rings. The number of aliphatic hydroxyl groups is 1. The predicted molar refractivity (Wildman–Crippen MR) is 137 cm³/mol. The molecule has 184 valence electrons. The number of rotatable bonds is 10. The number of likely N-dealkylation sites (N-methyl/N-ethyl adjacent to an activating group) is 1. The molecule has 1 aromatic carbocycles. The van der Waals surface area contributed by atoms with Crippen LogP contribution in [0.1, 0.15) is 24.6 Å². The molecule has 0 bridgehead atoms. The highest BCUT2D eigenvalue weighted by Crippen LogP contribution is 2.37. The van der Waals surface area contributed by atoms with Crippen LogP contribution in [-0.4, -0.2) is 60.8 Å². The zero-order valence-electron chi connectivity index (χ0n) is 20.0. The highest BCUT2D eigenvalue weighted by Gasteiger charge is 2.28. The third kappa shape index (κ3) is 4.48. The van der Waals surface area contributed by atoms with Crippen LogP contribution >= 0.6 is 0 Å². The highest BCUT2D eigenvalue weighted by molar-refractivity contribution is 5.88. The van der Waals surface area contributed by atoms with Gasteiger partial charge in [-0.25, -0.2) is 19.2 Å². The Labute approximate surface area is 208 Å². The molecule has 1 aliphatic carbocycles. The zero-order chi connectivity index (χ0) is 24.5. The van der Waals surface area contributed by atoms with Gasteiger partial charge in [-0.05, 0) is 50.2 Å². The average Bonchev–Trinajstić information content (AvgIpc) is 3.45. The second kappa shape index (κ2) is 9.56. The second-order valence-corrected chi connectivity index (χ2v) is 9.04. The number of aromatic nitrogens is 6. The van der Waals surface area contributed by atoms with Crippen molar-refractivity contribution in [2.75, 3.05) is 25.5 Å². The Morgan fingerprint density at radius 1 is 1.11 bits per heavy atom. The van der Waals surface area contributed by atoms with E-state index < -0.39 is 6.10 Å². The minimum absolute atomic E-state index is 0.199. The van der Waals surface area contributed by atoms with Crippen molar-refractivity contribution in [3.8, 4) is 17.1 Å². The van der Waals surface area contributed by atoms with E-state index in [1.54, 1.807) is 13.2 Å². The molecule has 5 aromatic rings. The summed E-state index contributed by atoms with van der Waals surface area (Å²) in [6.45, 7) is 1.21. The summed E-state index contributed by atoms with van der Waals surface area (Å²) in [6, 6.07) is 16.1. The number of ether oxygens (including phenoxy) is 1. The van der Waals surface area contributed by atoms with Gasteiger partial charge in [-0.2, -0.15) is 10.2 Å². The number of anilines is 1. The summed E-state index contributed by atoms with van der Waals surface area (Å²) in [7, 11) is 1.80. The molecule has 10 nitrogen and oxygen atoms in total. The second-order valence-electron chi connectivity index (χ2n) is 9.04. The molecule has 6 rings (SSSR count). The van der Waals surface area contributed by atoms with E-state index in [0.717, 1.165) is 46.5 Å². The number of fused-ring (bicyclic) bond motifs is 2. The van der Waals surface area contributed by atoms with Crippen molar-refractivity contribution in [3.05, 3.63) is 66.6 Å². The quantitative estimate of drug-likeness (QED) is 0.277. The lowest BCUT2D eigenvalue weighted by Gasteiger charge is -2.13. The molecule has 0 amide bonds. The van der Waals surface area contributed by atoms with Crippen molar-refractivity contribution in [2.24, 2.45) is 0 Å². The molecule has 1 unspecified atom stereocenters. The number of nitrogens with zero attached hydrogens (tertiary/aromatic N) is 6. The molecule has 4 heterocycles. The van der Waals surface area contributed by atoms with Gasteiger partial charge in [-0.15, -0.1) is 0 Å². The summed E-state index contributed by atoms with van der Waals surface area (Å²) in [4.78, 5) is 9.80. The molecule has 4 aromatic heterocycles. The van der Waals surface area contributed by atoms with E-state index in [2.05, 4.69) is 20.8 Å². The van der Waals surface area contributed by atoms with Gasteiger partial charge in [0.05, 0.1) is 35.4 Å². The Morgan fingerprint density at radius 3 is 2.86 bits per heavy atom. The predicted octanol–water partition coefficient (Wildman–Crippen LogP) is 3.05. The van der Waals surface area contributed by atoms with E-state index in [0.29, 0.717) is 30.7 Å². The van der Waals surface area contributed by atoms with Gasteiger partial charge in [0, 0.05) is 18.3 Å². The van der Waals surface area contributed by atoms with E-state index in [-0.39, 0.29) is 6.61 Å². The molecule has 0 saturated heterocycles. The molecule has 1 saturated carbocycles. The number of nitrogens with one attached hydrogen (secondary N) is 2. The molecular weight excluding hydrogens is 456 g/mol. The van der Waals surface area contributed by atoms with Crippen LogP contribution in [0.3, 0.4) is 0 Å². The molecule has 10 heteroatoms. The molecule has 1 atom stereocenters. The molecule has 0 aliphatic heterocycles. The SMILES string of the molecule is CNCC(O)COc1cccc(-c2nc(NCc3cccc4ccnn34)c3cnn(C4CC4)c3n2)c1. The lowest BCUT2D eigenvalue weighted by Crippen LogP contribution is -2.29. The van der Waals surface area contributed by atoms with Crippen molar-refractivity contribution in [1.29, 1.82) is 0 Å². The maximum absolute atomic E-state index is 9.99. The summed E-state index contributed by atoms with van der Waals surface area (Å²) in [5.74, 6) is 1.97. The number of hydrogen-bond acceptors (Lipinski definition) is 8. The lowest BCUT2D eigenvalue weighted by atomic mass is 10.2. The first-order valence-corrected chi connectivity index (χ1v) is 12.2. The number of aliphatic hydroxyl groups excluding tert-OH is 1. The summed E-state index contributed by atoms with van der Waals surface area (Å²) >= 11 is 0. The largest absolute Gasteiger partial charge is 0.491 e. The monoisotopic (exact) mass is 484 g/mol. The lowest BCUT2D eigenvalue weighted by molar-refractivity contribution is 0.108. The Morgan fingerprint density at radius 2 is 2.00 bits per heavy atom. The highest BCUT2D eigenvalue weighted by atomic mass is 16.5. The summed E-state index contributed by atoms with van der Waals surface area (Å²) in [5, 5.41) is 26.4.